The fourth-order valence-corrected chi connectivity index (χ4v) is 1.18. The highest BCUT2D eigenvalue weighted by Crippen LogP contribution is 2.16. The van der Waals surface area contributed by atoms with Crippen LogP contribution < -0.4 is 5.73 Å². The maximum Gasteiger partial charge on any atom is 0.155 e. The second-order valence-corrected chi connectivity index (χ2v) is 2.76. The fraction of sp³-hybridized carbons (Fsp3) is 0.125. The lowest BCUT2D eigenvalue weighted by atomic mass is 10.2. The van der Waals surface area contributed by atoms with Gasteiger partial charge < -0.3 is 5.73 Å². The number of rotatable bonds is 1. The van der Waals surface area contributed by atoms with E-state index in [2.05, 4.69) is 20.2 Å². The fourth-order valence-electron chi connectivity index (χ4n) is 1.18. The normalized spacial score (nSPS) is 10.2. The standard InChI is InChI=1S/C8H9N5/c1-5-2-6(3-7(9)12-5)8-10-4-11-13-8/h2-4H,1H3,(H2,9,12)(H,10,11,13). The predicted molar refractivity (Wildman–Crippen MR) is 48.8 cm³/mol. The van der Waals surface area contributed by atoms with Crippen LogP contribution in [-0.4, -0.2) is 20.2 Å². The second kappa shape index (κ2) is 2.85. The largest absolute Gasteiger partial charge is 0.384 e. The van der Waals surface area contributed by atoms with Crippen molar-refractivity contribution in [2.75, 3.05) is 5.73 Å². The number of aromatic amines is 1. The Morgan fingerprint density at radius 1 is 1.38 bits per heavy atom. The zero-order valence-corrected chi connectivity index (χ0v) is 7.15. The molecule has 0 radical (unpaired) electrons. The number of aryl methyl sites for hydroxylation is 1. The summed E-state index contributed by atoms with van der Waals surface area (Å²) < 4.78 is 0. The van der Waals surface area contributed by atoms with Crippen LogP contribution in [-0.2, 0) is 0 Å². The van der Waals surface area contributed by atoms with Crippen LogP contribution in [0.25, 0.3) is 11.4 Å². The first kappa shape index (κ1) is 7.72. The molecule has 0 amide bonds. The zero-order chi connectivity index (χ0) is 9.26. The van der Waals surface area contributed by atoms with E-state index in [-0.39, 0.29) is 0 Å². The van der Waals surface area contributed by atoms with Gasteiger partial charge in [-0.1, -0.05) is 0 Å². The summed E-state index contributed by atoms with van der Waals surface area (Å²) in [4.78, 5) is 8.08. The number of aromatic nitrogens is 4. The van der Waals surface area contributed by atoms with Crippen LogP contribution in [0.4, 0.5) is 5.82 Å². The lowest BCUT2D eigenvalue weighted by Gasteiger charge is -1.99. The van der Waals surface area contributed by atoms with Crippen molar-refractivity contribution in [3.63, 3.8) is 0 Å². The molecule has 13 heavy (non-hydrogen) atoms. The maximum absolute atomic E-state index is 5.59. The molecular formula is C8H9N5. The Balaban J connectivity index is 2.53. The molecule has 0 aliphatic rings. The van der Waals surface area contributed by atoms with Gasteiger partial charge >= 0.3 is 0 Å². The maximum atomic E-state index is 5.59. The van der Waals surface area contributed by atoms with Gasteiger partial charge in [0.15, 0.2) is 5.82 Å². The Morgan fingerprint density at radius 2 is 2.23 bits per heavy atom. The Hall–Kier alpha value is -1.91. The van der Waals surface area contributed by atoms with Gasteiger partial charge in [-0.05, 0) is 19.1 Å². The van der Waals surface area contributed by atoms with Crippen molar-refractivity contribution in [3.8, 4) is 11.4 Å². The van der Waals surface area contributed by atoms with Crippen LogP contribution in [0.3, 0.4) is 0 Å². The van der Waals surface area contributed by atoms with Crippen molar-refractivity contribution >= 4 is 5.82 Å². The number of nitrogens with two attached hydrogens (primary N) is 1. The van der Waals surface area contributed by atoms with Gasteiger partial charge in [-0.3, -0.25) is 5.10 Å². The summed E-state index contributed by atoms with van der Waals surface area (Å²) in [5.41, 5.74) is 7.36. The minimum Gasteiger partial charge on any atom is -0.384 e. The van der Waals surface area contributed by atoms with E-state index in [1.165, 1.54) is 6.33 Å². The van der Waals surface area contributed by atoms with Crippen LogP contribution in [0.2, 0.25) is 0 Å². The molecule has 2 heterocycles. The monoisotopic (exact) mass is 175 g/mol. The van der Waals surface area contributed by atoms with E-state index in [4.69, 9.17) is 5.73 Å². The van der Waals surface area contributed by atoms with Crippen LogP contribution >= 0.6 is 0 Å². The molecule has 2 aromatic rings. The third-order valence-electron chi connectivity index (χ3n) is 1.66. The molecule has 0 unspecified atom stereocenters. The number of anilines is 1. The molecular weight excluding hydrogens is 166 g/mol. The van der Waals surface area contributed by atoms with Crippen molar-refractivity contribution in [2.24, 2.45) is 0 Å². The van der Waals surface area contributed by atoms with E-state index in [0.717, 1.165) is 11.3 Å². The van der Waals surface area contributed by atoms with Gasteiger partial charge in [-0.25, -0.2) is 9.97 Å². The number of H-pyrrole nitrogens is 1. The summed E-state index contributed by atoms with van der Waals surface area (Å²) in [5.74, 6) is 1.20. The molecule has 2 aromatic heterocycles. The van der Waals surface area contributed by atoms with E-state index >= 15 is 0 Å². The first-order valence-electron chi connectivity index (χ1n) is 3.85. The van der Waals surface area contributed by atoms with Crippen molar-refractivity contribution in [1.82, 2.24) is 20.2 Å². The molecule has 0 bridgehead atoms. The Bertz CT molecular complexity index is 386. The Kier molecular flexibility index (Phi) is 1.70. The molecule has 5 nitrogen and oxygen atoms in total. The smallest absolute Gasteiger partial charge is 0.155 e. The topological polar surface area (TPSA) is 80.5 Å². The highest BCUT2D eigenvalue weighted by molar-refractivity contribution is 5.58. The van der Waals surface area contributed by atoms with Crippen LogP contribution in [0, 0.1) is 6.92 Å². The number of nitrogens with zero attached hydrogens (tertiary/aromatic N) is 3. The van der Waals surface area contributed by atoms with Crippen molar-refractivity contribution in [2.45, 2.75) is 6.92 Å². The second-order valence-electron chi connectivity index (χ2n) is 2.76. The highest BCUT2D eigenvalue weighted by Gasteiger charge is 2.02. The lowest BCUT2D eigenvalue weighted by molar-refractivity contribution is 1.09. The summed E-state index contributed by atoms with van der Waals surface area (Å²) in [6, 6.07) is 3.66. The summed E-state index contributed by atoms with van der Waals surface area (Å²) in [5, 5.41) is 6.52. The van der Waals surface area contributed by atoms with E-state index in [9.17, 15) is 0 Å². The molecule has 0 spiro atoms. The molecule has 3 N–H and O–H groups in total. The molecule has 66 valence electrons. The number of nitrogen functional groups attached to an aromatic ring is 1. The lowest BCUT2D eigenvalue weighted by Crippen LogP contribution is -1.93. The minimum absolute atomic E-state index is 0.492. The van der Waals surface area contributed by atoms with Crippen molar-refractivity contribution < 1.29 is 0 Å². The van der Waals surface area contributed by atoms with Gasteiger partial charge in [-0.2, -0.15) is 5.10 Å². The third-order valence-corrected chi connectivity index (χ3v) is 1.66. The van der Waals surface area contributed by atoms with Crippen LogP contribution in [0.15, 0.2) is 18.5 Å². The zero-order valence-electron chi connectivity index (χ0n) is 7.15. The summed E-state index contributed by atoms with van der Waals surface area (Å²) in [6.45, 7) is 1.89. The van der Waals surface area contributed by atoms with E-state index < -0.39 is 0 Å². The summed E-state index contributed by atoms with van der Waals surface area (Å²) in [6.07, 6.45) is 1.46. The minimum atomic E-state index is 0.492. The van der Waals surface area contributed by atoms with Crippen LogP contribution in [0.1, 0.15) is 5.69 Å². The number of hydrogen-bond acceptors (Lipinski definition) is 4. The van der Waals surface area contributed by atoms with Gasteiger partial charge in [0.2, 0.25) is 0 Å². The molecule has 0 fully saturated rings. The Labute approximate surface area is 75.0 Å². The molecule has 0 aliphatic carbocycles. The van der Waals surface area contributed by atoms with E-state index in [1.807, 2.05) is 13.0 Å². The van der Waals surface area contributed by atoms with Gasteiger partial charge in [0, 0.05) is 11.3 Å². The molecule has 0 saturated carbocycles. The molecule has 5 heteroatoms. The van der Waals surface area contributed by atoms with Gasteiger partial charge in [0.05, 0.1) is 0 Å². The van der Waals surface area contributed by atoms with Crippen LogP contribution in [0.5, 0.6) is 0 Å². The first-order valence-corrected chi connectivity index (χ1v) is 3.85. The third kappa shape index (κ3) is 1.48. The highest BCUT2D eigenvalue weighted by atomic mass is 15.2. The summed E-state index contributed by atoms with van der Waals surface area (Å²) in [7, 11) is 0. The van der Waals surface area contributed by atoms with Crippen molar-refractivity contribution in [3.05, 3.63) is 24.2 Å². The van der Waals surface area contributed by atoms with Gasteiger partial charge in [0.25, 0.3) is 0 Å². The number of pyridine rings is 1. The molecule has 0 aliphatic heterocycles. The van der Waals surface area contributed by atoms with Gasteiger partial charge in [0.1, 0.15) is 12.1 Å². The number of nitrogens with one attached hydrogen (secondary N) is 1. The molecule has 0 aromatic carbocycles. The molecule has 2 rings (SSSR count). The SMILES string of the molecule is Cc1cc(-c2ncn[nH]2)cc(N)n1. The quantitative estimate of drug-likeness (QED) is 0.670. The van der Waals surface area contributed by atoms with Gasteiger partial charge in [-0.15, -0.1) is 0 Å². The molecule has 0 atom stereocenters. The average molecular weight is 175 g/mol. The summed E-state index contributed by atoms with van der Waals surface area (Å²) >= 11 is 0. The predicted octanol–water partition coefficient (Wildman–Crippen LogP) is 0.757. The Morgan fingerprint density at radius 3 is 2.85 bits per heavy atom. The van der Waals surface area contributed by atoms with Crippen molar-refractivity contribution in [1.29, 1.82) is 0 Å². The first-order chi connectivity index (χ1) is 6.25. The van der Waals surface area contributed by atoms with E-state index in [0.29, 0.717) is 11.6 Å². The molecule has 0 saturated heterocycles. The average Bonchev–Trinajstić information content (AvgIpc) is 2.53. The number of hydrogen-bond donors (Lipinski definition) is 2. The van der Waals surface area contributed by atoms with E-state index in [1.54, 1.807) is 6.07 Å².